The number of anilines is 1. The fourth-order valence-electron chi connectivity index (χ4n) is 4.09. The number of fused-ring (bicyclic) bond motifs is 7. The van der Waals surface area contributed by atoms with Gasteiger partial charge in [-0.05, 0) is 36.2 Å². The van der Waals surface area contributed by atoms with E-state index in [1.54, 1.807) is 0 Å². The van der Waals surface area contributed by atoms with Crippen LogP contribution in [0, 0.1) is 0 Å². The van der Waals surface area contributed by atoms with Crippen LogP contribution in [0.1, 0.15) is 23.6 Å². The molecular formula is C19H15BrN2O. The maximum absolute atomic E-state index is 11.3. The summed E-state index contributed by atoms with van der Waals surface area (Å²) in [6.45, 7) is 3.53. The number of aliphatic hydroxyl groups is 1. The molecule has 2 aliphatic heterocycles. The van der Waals surface area contributed by atoms with Crippen LogP contribution in [-0.2, 0) is 5.60 Å². The molecule has 2 aromatic rings. The van der Waals surface area contributed by atoms with Gasteiger partial charge in [0, 0.05) is 27.7 Å². The molecule has 0 fully saturated rings. The normalized spacial score (nSPS) is 24.1. The van der Waals surface area contributed by atoms with E-state index in [4.69, 9.17) is 4.99 Å². The van der Waals surface area contributed by atoms with E-state index in [1.165, 1.54) is 11.3 Å². The number of halogens is 1. The molecule has 5 rings (SSSR count). The van der Waals surface area contributed by atoms with Crippen LogP contribution in [-0.4, -0.2) is 24.0 Å². The largest absolute Gasteiger partial charge is 0.381 e. The first kappa shape index (κ1) is 13.5. The number of benzene rings is 2. The van der Waals surface area contributed by atoms with Crippen molar-refractivity contribution < 1.29 is 5.11 Å². The Kier molecular flexibility index (Phi) is 2.55. The first-order valence-corrected chi connectivity index (χ1v) is 8.57. The second kappa shape index (κ2) is 4.34. The molecule has 0 spiro atoms. The third-order valence-corrected chi connectivity index (χ3v) is 5.53. The fourth-order valence-corrected chi connectivity index (χ4v) is 4.45. The summed E-state index contributed by atoms with van der Waals surface area (Å²) in [4.78, 5) is 6.95. The molecule has 0 radical (unpaired) electrons. The van der Waals surface area contributed by atoms with E-state index in [-0.39, 0.29) is 0 Å². The SMILES string of the molecule is CC1(O)C2=C(c3cc(Br)ccc3N3CCN=C23)c2ccccc21. The Morgan fingerprint density at radius 3 is 2.87 bits per heavy atom. The van der Waals surface area contributed by atoms with Gasteiger partial charge in [0.1, 0.15) is 11.4 Å². The lowest BCUT2D eigenvalue weighted by Gasteiger charge is -2.33. The molecule has 4 heteroatoms. The summed E-state index contributed by atoms with van der Waals surface area (Å²) in [5.74, 6) is 0.927. The van der Waals surface area contributed by atoms with E-state index in [1.807, 2.05) is 25.1 Å². The van der Waals surface area contributed by atoms with Gasteiger partial charge in [0.05, 0.1) is 12.2 Å². The number of rotatable bonds is 0. The molecule has 1 N–H and O–H groups in total. The second-order valence-corrected chi connectivity index (χ2v) is 7.30. The van der Waals surface area contributed by atoms with Crippen LogP contribution in [0.5, 0.6) is 0 Å². The highest BCUT2D eigenvalue weighted by Crippen LogP contribution is 2.53. The van der Waals surface area contributed by atoms with Crippen molar-refractivity contribution >= 4 is 33.0 Å². The van der Waals surface area contributed by atoms with Crippen LogP contribution < -0.4 is 4.90 Å². The summed E-state index contributed by atoms with van der Waals surface area (Å²) in [5, 5.41) is 11.3. The lowest BCUT2D eigenvalue weighted by molar-refractivity contribution is 0.108. The molecule has 1 aliphatic carbocycles. The van der Waals surface area contributed by atoms with E-state index in [0.717, 1.165) is 45.7 Å². The van der Waals surface area contributed by atoms with Gasteiger partial charge >= 0.3 is 0 Å². The van der Waals surface area contributed by atoms with Crippen molar-refractivity contribution in [3.8, 4) is 0 Å². The summed E-state index contributed by atoms with van der Waals surface area (Å²) in [6.07, 6.45) is 0. The van der Waals surface area contributed by atoms with Gasteiger partial charge in [-0.15, -0.1) is 0 Å². The van der Waals surface area contributed by atoms with Gasteiger partial charge in [-0.25, -0.2) is 0 Å². The minimum absolute atomic E-state index is 0.772. The van der Waals surface area contributed by atoms with Crippen LogP contribution in [0.15, 0.2) is 57.5 Å². The van der Waals surface area contributed by atoms with Gasteiger partial charge in [0.2, 0.25) is 0 Å². The maximum Gasteiger partial charge on any atom is 0.135 e. The Balaban J connectivity index is 1.93. The number of hydrogen-bond donors (Lipinski definition) is 1. The smallest absolute Gasteiger partial charge is 0.135 e. The van der Waals surface area contributed by atoms with E-state index in [9.17, 15) is 5.11 Å². The third-order valence-electron chi connectivity index (χ3n) is 5.04. The van der Waals surface area contributed by atoms with E-state index < -0.39 is 5.60 Å². The first-order chi connectivity index (χ1) is 11.1. The number of nitrogens with zero attached hydrogens (tertiary/aromatic N) is 2. The lowest BCUT2D eigenvalue weighted by atomic mass is 9.88. The van der Waals surface area contributed by atoms with Crippen molar-refractivity contribution in [2.75, 3.05) is 18.0 Å². The quantitative estimate of drug-likeness (QED) is 0.771. The highest BCUT2D eigenvalue weighted by molar-refractivity contribution is 9.10. The zero-order valence-corrected chi connectivity index (χ0v) is 14.3. The molecule has 0 bridgehead atoms. The van der Waals surface area contributed by atoms with E-state index in [0.29, 0.717) is 0 Å². The van der Waals surface area contributed by atoms with Crippen LogP contribution in [0.2, 0.25) is 0 Å². The zero-order valence-electron chi connectivity index (χ0n) is 12.7. The Morgan fingerprint density at radius 1 is 1.17 bits per heavy atom. The predicted molar refractivity (Wildman–Crippen MR) is 95.8 cm³/mol. The molecule has 114 valence electrons. The molecule has 3 aliphatic rings. The maximum atomic E-state index is 11.3. The zero-order chi connectivity index (χ0) is 15.8. The highest BCUT2D eigenvalue weighted by Gasteiger charge is 2.47. The molecule has 3 nitrogen and oxygen atoms in total. The second-order valence-electron chi connectivity index (χ2n) is 6.39. The molecule has 2 aromatic carbocycles. The summed E-state index contributed by atoms with van der Waals surface area (Å²) in [6, 6.07) is 14.5. The topological polar surface area (TPSA) is 35.8 Å². The van der Waals surface area contributed by atoms with Crippen molar-refractivity contribution in [2.24, 2.45) is 4.99 Å². The Hall–Kier alpha value is -1.91. The minimum Gasteiger partial charge on any atom is -0.381 e. The minimum atomic E-state index is -1.01. The van der Waals surface area contributed by atoms with Crippen molar-refractivity contribution in [2.45, 2.75) is 12.5 Å². The number of aliphatic imine (C=N–C) groups is 1. The number of amidine groups is 1. The lowest BCUT2D eigenvalue weighted by Crippen LogP contribution is -2.38. The molecule has 0 saturated heterocycles. The third kappa shape index (κ3) is 1.60. The average molecular weight is 367 g/mol. The Morgan fingerprint density at radius 2 is 2.00 bits per heavy atom. The molecule has 23 heavy (non-hydrogen) atoms. The van der Waals surface area contributed by atoms with Gasteiger partial charge in [-0.2, -0.15) is 0 Å². The van der Waals surface area contributed by atoms with Crippen molar-refractivity contribution in [1.82, 2.24) is 0 Å². The predicted octanol–water partition coefficient (Wildman–Crippen LogP) is 3.70. The van der Waals surface area contributed by atoms with Crippen LogP contribution in [0.25, 0.3) is 5.57 Å². The summed E-state index contributed by atoms with van der Waals surface area (Å²) in [5.41, 5.74) is 5.48. The van der Waals surface area contributed by atoms with E-state index in [2.05, 4.69) is 45.1 Å². The Labute approximate surface area is 143 Å². The molecule has 0 amide bonds. The van der Waals surface area contributed by atoms with Crippen molar-refractivity contribution in [1.29, 1.82) is 0 Å². The molecular weight excluding hydrogens is 352 g/mol. The monoisotopic (exact) mass is 366 g/mol. The molecule has 1 unspecified atom stereocenters. The molecule has 1 atom stereocenters. The van der Waals surface area contributed by atoms with Gasteiger partial charge < -0.3 is 10.0 Å². The van der Waals surface area contributed by atoms with Gasteiger partial charge in [0.15, 0.2) is 0 Å². The standard InChI is InChI=1S/C19H15BrN2O/c1-19(23)14-5-3-2-4-12(14)16-13-10-11(20)6-7-15(13)22-9-8-21-18(22)17(16)19/h2-7,10,23H,8-9H2,1H3. The van der Waals surface area contributed by atoms with Crippen LogP contribution >= 0.6 is 15.9 Å². The molecule has 0 saturated carbocycles. The van der Waals surface area contributed by atoms with Gasteiger partial charge in [0.25, 0.3) is 0 Å². The van der Waals surface area contributed by atoms with E-state index >= 15 is 0 Å². The summed E-state index contributed by atoms with van der Waals surface area (Å²) >= 11 is 3.59. The first-order valence-electron chi connectivity index (χ1n) is 7.78. The van der Waals surface area contributed by atoms with Crippen molar-refractivity contribution in [3.63, 3.8) is 0 Å². The Bertz CT molecular complexity index is 927. The van der Waals surface area contributed by atoms with Gasteiger partial charge in [-0.3, -0.25) is 4.99 Å². The van der Waals surface area contributed by atoms with Crippen molar-refractivity contribution in [3.05, 3.63) is 69.2 Å². The average Bonchev–Trinajstić information content (AvgIpc) is 3.10. The highest BCUT2D eigenvalue weighted by atomic mass is 79.9. The summed E-state index contributed by atoms with van der Waals surface area (Å²) in [7, 11) is 0. The van der Waals surface area contributed by atoms with Crippen LogP contribution in [0.3, 0.4) is 0 Å². The number of hydrogen-bond acceptors (Lipinski definition) is 3. The molecule has 2 heterocycles. The molecule has 0 aromatic heterocycles. The summed E-state index contributed by atoms with van der Waals surface area (Å²) < 4.78 is 1.05. The van der Waals surface area contributed by atoms with Gasteiger partial charge in [-0.1, -0.05) is 40.2 Å². The fraction of sp³-hybridized carbons (Fsp3) is 0.211. The van der Waals surface area contributed by atoms with Crippen LogP contribution in [0.4, 0.5) is 5.69 Å².